The lowest BCUT2D eigenvalue weighted by Crippen LogP contribution is -2.00. The third-order valence-corrected chi connectivity index (χ3v) is 4.73. The van der Waals surface area contributed by atoms with Gasteiger partial charge in [-0.1, -0.05) is 23.7 Å². The first-order chi connectivity index (χ1) is 12.6. The standard InChI is InChI=1S/C20H16ClNO3S/c1-24-18-9-5-15(6-10-18)20-22-17(13-26-20)12-25-19(23)11-4-14-2-7-16(21)8-3-14/h2-11,13H,12H2,1H3/b11-4+. The molecule has 0 radical (unpaired) electrons. The molecule has 132 valence electrons. The van der Waals surface area contributed by atoms with Gasteiger partial charge in [0.15, 0.2) is 0 Å². The molecule has 2 aromatic carbocycles. The van der Waals surface area contributed by atoms with Gasteiger partial charge in [-0.25, -0.2) is 9.78 Å². The third kappa shape index (κ3) is 4.94. The van der Waals surface area contributed by atoms with Gasteiger partial charge in [0, 0.05) is 22.0 Å². The van der Waals surface area contributed by atoms with E-state index in [1.165, 1.54) is 17.4 Å². The number of hydrogen-bond acceptors (Lipinski definition) is 5. The smallest absolute Gasteiger partial charge is 0.331 e. The molecule has 0 aliphatic heterocycles. The van der Waals surface area contributed by atoms with Crippen LogP contribution >= 0.6 is 22.9 Å². The summed E-state index contributed by atoms with van der Waals surface area (Å²) in [5.41, 5.74) is 2.59. The summed E-state index contributed by atoms with van der Waals surface area (Å²) in [7, 11) is 1.63. The minimum atomic E-state index is -0.418. The number of carbonyl (C=O) groups excluding carboxylic acids is 1. The van der Waals surface area contributed by atoms with Crippen LogP contribution in [0.4, 0.5) is 0 Å². The molecule has 3 aromatic rings. The monoisotopic (exact) mass is 385 g/mol. The van der Waals surface area contributed by atoms with Crippen LogP contribution in [0, 0.1) is 0 Å². The lowest BCUT2D eigenvalue weighted by molar-refractivity contribution is -0.139. The largest absolute Gasteiger partial charge is 0.497 e. The Morgan fingerprint density at radius 3 is 2.58 bits per heavy atom. The van der Waals surface area contributed by atoms with Crippen molar-refractivity contribution < 1.29 is 14.3 Å². The van der Waals surface area contributed by atoms with E-state index in [4.69, 9.17) is 21.1 Å². The Morgan fingerprint density at radius 1 is 1.15 bits per heavy atom. The van der Waals surface area contributed by atoms with Gasteiger partial charge in [-0.2, -0.15) is 0 Å². The summed E-state index contributed by atoms with van der Waals surface area (Å²) in [6, 6.07) is 14.9. The number of carbonyl (C=O) groups is 1. The predicted molar refractivity (Wildman–Crippen MR) is 104 cm³/mol. The summed E-state index contributed by atoms with van der Waals surface area (Å²) in [4.78, 5) is 16.3. The Balaban J connectivity index is 1.55. The van der Waals surface area contributed by atoms with Crippen molar-refractivity contribution in [2.75, 3.05) is 7.11 Å². The van der Waals surface area contributed by atoms with Crippen LogP contribution < -0.4 is 4.74 Å². The molecule has 0 amide bonds. The Kier molecular flexibility index (Phi) is 6.04. The second kappa shape index (κ2) is 8.65. The molecular formula is C20H16ClNO3S. The molecule has 0 saturated heterocycles. The van der Waals surface area contributed by atoms with Crippen molar-refractivity contribution in [3.05, 3.63) is 76.3 Å². The van der Waals surface area contributed by atoms with Crippen LogP contribution in [0.5, 0.6) is 5.75 Å². The fourth-order valence-electron chi connectivity index (χ4n) is 2.17. The maximum absolute atomic E-state index is 11.8. The third-order valence-electron chi connectivity index (χ3n) is 3.53. The number of hydrogen-bond donors (Lipinski definition) is 0. The zero-order chi connectivity index (χ0) is 18.4. The first kappa shape index (κ1) is 18.2. The maximum atomic E-state index is 11.8. The maximum Gasteiger partial charge on any atom is 0.331 e. The van der Waals surface area contributed by atoms with Gasteiger partial charge in [0.2, 0.25) is 0 Å². The second-order valence-corrected chi connectivity index (χ2v) is 6.66. The molecule has 4 nitrogen and oxygen atoms in total. The first-order valence-corrected chi connectivity index (χ1v) is 9.09. The summed E-state index contributed by atoms with van der Waals surface area (Å²) in [6.45, 7) is 0.135. The van der Waals surface area contributed by atoms with Crippen LogP contribution in [0.3, 0.4) is 0 Å². The Labute approximate surface area is 160 Å². The van der Waals surface area contributed by atoms with Crippen LogP contribution in [0.25, 0.3) is 16.6 Å². The molecule has 0 fully saturated rings. The average Bonchev–Trinajstić information content (AvgIpc) is 3.15. The van der Waals surface area contributed by atoms with Crippen LogP contribution in [-0.2, 0) is 16.1 Å². The van der Waals surface area contributed by atoms with Gasteiger partial charge < -0.3 is 9.47 Å². The Hall–Kier alpha value is -2.63. The highest BCUT2D eigenvalue weighted by molar-refractivity contribution is 7.13. The average molecular weight is 386 g/mol. The highest BCUT2D eigenvalue weighted by Crippen LogP contribution is 2.26. The number of ether oxygens (including phenoxy) is 2. The van der Waals surface area contributed by atoms with Crippen LogP contribution in [-0.4, -0.2) is 18.1 Å². The minimum absolute atomic E-state index is 0.135. The lowest BCUT2D eigenvalue weighted by atomic mass is 10.2. The Bertz CT molecular complexity index is 902. The molecule has 1 aromatic heterocycles. The van der Waals surface area contributed by atoms with Crippen molar-refractivity contribution in [3.8, 4) is 16.3 Å². The van der Waals surface area contributed by atoms with E-state index < -0.39 is 5.97 Å². The molecule has 26 heavy (non-hydrogen) atoms. The molecule has 0 N–H and O–H groups in total. The van der Waals surface area contributed by atoms with Crippen LogP contribution in [0.2, 0.25) is 5.02 Å². The number of halogens is 1. The first-order valence-electron chi connectivity index (χ1n) is 7.83. The molecule has 0 bridgehead atoms. The number of benzene rings is 2. The van der Waals surface area contributed by atoms with E-state index in [9.17, 15) is 4.79 Å². The zero-order valence-corrected chi connectivity index (χ0v) is 15.6. The number of rotatable bonds is 6. The van der Waals surface area contributed by atoms with E-state index in [0.717, 1.165) is 21.9 Å². The molecule has 1 heterocycles. The van der Waals surface area contributed by atoms with Crippen LogP contribution in [0.15, 0.2) is 60.0 Å². The van der Waals surface area contributed by atoms with E-state index in [0.29, 0.717) is 10.7 Å². The lowest BCUT2D eigenvalue weighted by Gasteiger charge is -2.01. The fraction of sp³-hybridized carbons (Fsp3) is 0.100. The molecule has 3 rings (SSSR count). The molecule has 0 unspecified atom stereocenters. The molecule has 0 spiro atoms. The summed E-state index contributed by atoms with van der Waals surface area (Å²) in [6.07, 6.45) is 3.07. The van der Waals surface area contributed by atoms with Crippen LogP contribution in [0.1, 0.15) is 11.3 Å². The Morgan fingerprint density at radius 2 is 1.88 bits per heavy atom. The van der Waals surface area contributed by atoms with Crippen molar-refractivity contribution in [2.24, 2.45) is 0 Å². The van der Waals surface area contributed by atoms with E-state index >= 15 is 0 Å². The highest BCUT2D eigenvalue weighted by Gasteiger charge is 2.07. The highest BCUT2D eigenvalue weighted by atomic mass is 35.5. The fourth-order valence-corrected chi connectivity index (χ4v) is 3.11. The number of nitrogens with zero attached hydrogens (tertiary/aromatic N) is 1. The minimum Gasteiger partial charge on any atom is -0.497 e. The molecule has 0 aliphatic rings. The van der Waals surface area contributed by atoms with E-state index in [2.05, 4.69) is 4.98 Å². The van der Waals surface area contributed by atoms with Crippen molar-refractivity contribution in [1.29, 1.82) is 0 Å². The summed E-state index contributed by atoms with van der Waals surface area (Å²) in [5.74, 6) is 0.380. The van der Waals surface area contributed by atoms with Gasteiger partial charge in [-0.15, -0.1) is 11.3 Å². The van der Waals surface area contributed by atoms with Gasteiger partial charge in [-0.3, -0.25) is 0 Å². The molecule has 0 atom stereocenters. The second-order valence-electron chi connectivity index (χ2n) is 5.37. The zero-order valence-electron chi connectivity index (χ0n) is 14.0. The van der Waals surface area contributed by atoms with Gasteiger partial charge in [0.05, 0.1) is 12.8 Å². The number of thiazole rings is 1. The molecule has 6 heteroatoms. The van der Waals surface area contributed by atoms with Gasteiger partial charge in [0.1, 0.15) is 17.4 Å². The SMILES string of the molecule is COc1ccc(-c2nc(COC(=O)/C=C/c3ccc(Cl)cc3)cs2)cc1. The molecular weight excluding hydrogens is 370 g/mol. The quantitative estimate of drug-likeness (QED) is 0.430. The van der Waals surface area contributed by atoms with Crippen molar-refractivity contribution >= 4 is 35.0 Å². The van der Waals surface area contributed by atoms with Gasteiger partial charge >= 0.3 is 5.97 Å². The van der Waals surface area contributed by atoms with Gasteiger partial charge in [-0.05, 0) is 48.0 Å². The van der Waals surface area contributed by atoms with E-state index in [-0.39, 0.29) is 6.61 Å². The van der Waals surface area contributed by atoms with Gasteiger partial charge in [0.25, 0.3) is 0 Å². The van der Waals surface area contributed by atoms with Crippen molar-refractivity contribution in [1.82, 2.24) is 4.98 Å². The van der Waals surface area contributed by atoms with E-state index in [1.54, 1.807) is 25.3 Å². The van der Waals surface area contributed by atoms with E-state index in [1.807, 2.05) is 41.8 Å². The summed E-state index contributed by atoms with van der Waals surface area (Å²) in [5, 5.41) is 3.41. The van der Waals surface area contributed by atoms with Crippen molar-refractivity contribution in [3.63, 3.8) is 0 Å². The summed E-state index contributed by atoms with van der Waals surface area (Å²) < 4.78 is 10.4. The molecule has 0 saturated carbocycles. The topological polar surface area (TPSA) is 48.4 Å². The molecule has 0 aliphatic carbocycles. The normalized spacial score (nSPS) is 10.8. The predicted octanol–water partition coefficient (Wildman–Crippen LogP) is 5.23. The number of methoxy groups -OCH3 is 1. The summed E-state index contributed by atoms with van der Waals surface area (Å²) >= 11 is 7.33. The number of esters is 1. The number of aromatic nitrogens is 1. The van der Waals surface area contributed by atoms with Crippen molar-refractivity contribution in [2.45, 2.75) is 6.61 Å².